The van der Waals surface area contributed by atoms with Gasteiger partial charge in [0.15, 0.2) is 0 Å². The summed E-state index contributed by atoms with van der Waals surface area (Å²) in [5.74, 6) is 0.0456. The lowest BCUT2D eigenvalue weighted by Gasteiger charge is -2.35. The first-order chi connectivity index (χ1) is 13.2. The minimum Gasteiger partial charge on any atom is -0.494 e. The minimum absolute atomic E-state index is 0.308. The molecule has 0 spiro atoms. The molecule has 2 aromatic carbocycles. The molecule has 5 nitrogen and oxygen atoms in total. The molecule has 0 aliphatic rings. The lowest BCUT2D eigenvalue weighted by Crippen LogP contribution is -2.55. The average Bonchev–Trinajstić information content (AvgIpc) is 2.66. The molecule has 2 amide bonds. The van der Waals surface area contributed by atoms with Crippen molar-refractivity contribution < 1.29 is 14.3 Å². The Kier molecular flexibility index (Phi) is 7.46. The standard InChI is InChI=1S/C22H27ClN2O3/c1-5-6-15-28-19-13-9-16(10-14-19)20(26)24-25(22(2,3)4)21(27)17-7-11-18(23)12-8-17/h7-14H,5-6,15H2,1-4H3,(H,24,26). The fourth-order valence-electron chi connectivity index (χ4n) is 2.45. The molecule has 0 atom stereocenters. The summed E-state index contributed by atoms with van der Waals surface area (Å²) >= 11 is 5.90. The topological polar surface area (TPSA) is 58.6 Å². The fourth-order valence-corrected chi connectivity index (χ4v) is 2.57. The zero-order chi connectivity index (χ0) is 20.7. The lowest BCUT2D eigenvalue weighted by atomic mass is 10.1. The Bertz CT molecular complexity index is 796. The van der Waals surface area contributed by atoms with E-state index < -0.39 is 5.54 Å². The number of nitrogens with one attached hydrogen (secondary N) is 1. The molecule has 0 aromatic heterocycles. The van der Waals surface area contributed by atoms with Crippen LogP contribution in [0.15, 0.2) is 48.5 Å². The Morgan fingerprint density at radius 1 is 1.00 bits per heavy atom. The number of halogens is 1. The van der Waals surface area contributed by atoms with Crippen LogP contribution in [-0.2, 0) is 0 Å². The van der Waals surface area contributed by atoms with Crippen molar-refractivity contribution in [2.24, 2.45) is 0 Å². The molecule has 150 valence electrons. The number of hydrogen-bond acceptors (Lipinski definition) is 3. The maximum atomic E-state index is 12.9. The molecule has 2 rings (SSSR count). The first-order valence-corrected chi connectivity index (χ1v) is 9.74. The summed E-state index contributed by atoms with van der Waals surface area (Å²) in [5.41, 5.74) is 3.00. The van der Waals surface area contributed by atoms with E-state index in [1.165, 1.54) is 5.01 Å². The highest BCUT2D eigenvalue weighted by Crippen LogP contribution is 2.18. The van der Waals surface area contributed by atoms with Crippen molar-refractivity contribution in [3.63, 3.8) is 0 Å². The van der Waals surface area contributed by atoms with Crippen molar-refractivity contribution in [2.45, 2.75) is 46.1 Å². The van der Waals surface area contributed by atoms with E-state index in [9.17, 15) is 9.59 Å². The summed E-state index contributed by atoms with van der Waals surface area (Å²) in [5, 5.41) is 1.88. The summed E-state index contributed by atoms with van der Waals surface area (Å²) in [6.45, 7) is 8.31. The molecule has 0 heterocycles. The second kappa shape index (κ2) is 9.60. The van der Waals surface area contributed by atoms with Crippen LogP contribution >= 0.6 is 11.6 Å². The molecule has 0 saturated heterocycles. The Morgan fingerprint density at radius 2 is 1.57 bits per heavy atom. The maximum absolute atomic E-state index is 12.9. The van der Waals surface area contributed by atoms with Crippen molar-refractivity contribution in [3.05, 3.63) is 64.7 Å². The van der Waals surface area contributed by atoms with E-state index in [0.717, 1.165) is 18.6 Å². The van der Waals surface area contributed by atoms with Gasteiger partial charge in [-0.25, -0.2) is 5.01 Å². The first kappa shape index (κ1) is 21.8. The van der Waals surface area contributed by atoms with Gasteiger partial charge >= 0.3 is 0 Å². The van der Waals surface area contributed by atoms with Gasteiger partial charge in [0, 0.05) is 16.1 Å². The van der Waals surface area contributed by atoms with Gasteiger partial charge in [-0.3, -0.25) is 15.0 Å². The molecule has 0 saturated carbocycles. The molecule has 0 radical (unpaired) electrons. The van der Waals surface area contributed by atoms with Gasteiger partial charge in [-0.2, -0.15) is 0 Å². The normalized spacial score (nSPS) is 11.0. The van der Waals surface area contributed by atoms with Gasteiger partial charge in [-0.1, -0.05) is 24.9 Å². The van der Waals surface area contributed by atoms with Crippen LogP contribution in [0.25, 0.3) is 0 Å². The van der Waals surface area contributed by atoms with Gasteiger partial charge in [-0.15, -0.1) is 0 Å². The molecular weight excluding hydrogens is 376 g/mol. The van der Waals surface area contributed by atoms with Gasteiger partial charge in [-0.05, 0) is 75.7 Å². The maximum Gasteiger partial charge on any atom is 0.272 e. The smallest absolute Gasteiger partial charge is 0.272 e. The van der Waals surface area contributed by atoms with E-state index in [4.69, 9.17) is 16.3 Å². The van der Waals surface area contributed by atoms with Crippen LogP contribution in [0.5, 0.6) is 5.75 Å². The third-order valence-corrected chi connectivity index (χ3v) is 4.31. The van der Waals surface area contributed by atoms with Crippen molar-refractivity contribution in [1.29, 1.82) is 0 Å². The van der Waals surface area contributed by atoms with Crippen LogP contribution in [0, 0.1) is 0 Å². The number of benzene rings is 2. The highest BCUT2D eigenvalue weighted by atomic mass is 35.5. The van der Waals surface area contributed by atoms with Crippen LogP contribution in [-0.4, -0.2) is 29.0 Å². The van der Waals surface area contributed by atoms with Gasteiger partial charge in [0.2, 0.25) is 0 Å². The van der Waals surface area contributed by atoms with E-state index in [0.29, 0.717) is 22.8 Å². The number of nitrogens with zero attached hydrogens (tertiary/aromatic N) is 1. The predicted molar refractivity (Wildman–Crippen MR) is 112 cm³/mol. The fraction of sp³-hybridized carbons (Fsp3) is 0.364. The Labute approximate surface area is 171 Å². The number of carbonyl (C=O) groups excluding carboxylic acids is 2. The van der Waals surface area contributed by atoms with Gasteiger partial charge in [0.1, 0.15) is 5.75 Å². The molecule has 28 heavy (non-hydrogen) atoms. The highest BCUT2D eigenvalue weighted by molar-refractivity contribution is 6.30. The number of amides is 2. The van der Waals surface area contributed by atoms with Crippen molar-refractivity contribution in [3.8, 4) is 5.75 Å². The molecule has 0 unspecified atom stereocenters. The van der Waals surface area contributed by atoms with E-state index in [2.05, 4.69) is 12.3 Å². The molecule has 0 aliphatic carbocycles. The molecule has 0 bridgehead atoms. The molecule has 0 fully saturated rings. The molecule has 0 aliphatic heterocycles. The minimum atomic E-state index is -0.615. The Morgan fingerprint density at radius 3 is 2.11 bits per heavy atom. The van der Waals surface area contributed by atoms with Gasteiger partial charge in [0.05, 0.1) is 12.1 Å². The summed E-state index contributed by atoms with van der Waals surface area (Å²) in [6, 6.07) is 13.5. The monoisotopic (exact) mass is 402 g/mol. The van der Waals surface area contributed by atoms with Crippen LogP contribution < -0.4 is 10.2 Å². The second-order valence-corrected chi connectivity index (χ2v) is 7.92. The van der Waals surface area contributed by atoms with Gasteiger partial charge < -0.3 is 4.74 Å². The molecule has 1 N–H and O–H groups in total. The number of hydrogen-bond donors (Lipinski definition) is 1. The van der Waals surface area contributed by atoms with E-state index in [1.54, 1.807) is 48.5 Å². The van der Waals surface area contributed by atoms with Gasteiger partial charge in [0.25, 0.3) is 11.8 Å². The third-order valence-electron chi connectivity index (χ3n) is 4.06. The zero-order valence-corrected chi connectivity index (χ0v) is 17.5. The SMILES string of the molecule is CCCCOc1ccc(C(=O)NN(C(=O)c2ccc(Cl)cc2)C(C)(C)C)cc1. The van der Waals surface area contributed by atoms with Crippen LogP contribution in [0.2, 0.25) is 5.02 Å². The first-order valence-electron chi connectivity index (χ1n) is 9.36. The predicted octanol–water partition coefficient (Wildman–Crippen LogP) is 5.10. The summed E-state index contributed by atoms with van der Waals surface area (Å²) in [4.78, 5) is 25.6. The third kappa shape index (κ3) is 5.99. The number of unbranched alkanes of at least 4 members (excludes halogenated alkanes) is 1. The lowest BCUT2D eigenvalue weighted by molar-refractivity contribution is 0.0358. The summed E-state index contributed by atoms with van der Waals surface area (Å²) in [7, 11) is 0. The number of carbonyl (C=O) groups is 2. The second-order valence-electron chi connectivity index (χ2n) is 7.49. The molecule has 2 aromatic rings. The Hall–Kier alpha value is -2.53. The van der Waals surface area contributed by atoms with Crippen LogP contribution in [0.4, 0.5) is 0 Å². The molecule has 6 heteroatoms. The zero-order valence-electron chi connectivity index (χ0n) is 16.8. The Balaban J connectivity index is 2.12. The van der Waals surface area contributed by atoms with Crippen molar-refractivity contribution in [2.75, 3.05) is 6.61 Å². The average molecular weight is 403 g/mol. The quantitative estimate of drug-likeness (QED) is 0.539. The summed E-state index contributed by atoms with van der Waals surface area (Å²) < 4.78 is 5.62. The van der Waals surface area contributed by atoms with E-state index in [-0.39, 0.29) is 11.8 Å². The number of rotatable bonds is 6. The van der Waals surface area contributed by atoms with Crippen LogP contribution in [0.3, 0.4) is 0 Å². The number of ether oxygens (including phenoxy) is 1. The van der Waals surface area contributed by atoms with E-state index >= 15 is 0 Å². The highest BCUT2D eigenvalue weighted by Gasteiger charge is 2.29. The largest absolute Gasteiger partial charge is 0.494 e. The van der Waals surface area contributed by atoms with Crippen molar-refractivity contribution >= 4 is 23.4 Å². The van der Waals surface area contributed by atoms with Crippen molar-refractivity contribution in [1.82, 2.24) is 10.4 Å². The number of hydrazine groups is 1. The van der Waals surface area contributed by atoms with Crippen LogP contribution in [0.1, 0.15) is 61.3 Å². The molecular formula is C22H27ClN2O3. The summed E-state index contributed by atoms with van der Waals surface area (Å²) in [6.07, 6.45) is 2.04. The van der Waals surface area contributed by atoms with E-state index in [1.807, 2.05) is 20.8 Å².